The molecule has 0 spiro atoms. The van der Waals surface area contributed by atoms with Gasteiger partial charge < -0.3 is 0 Å². The number of benzene rings is 3. The van der Waals surface area contributed by atoms with Crippen molar-refractivity contribution in [2.24, 2.45) is 0 Å². The van der Waals surface area contributed by atoms with E-state index < -0.39 is 26.1 Å². The van der Waals surface area contributed by atoms with E-state index in [1.54, 1.807) is 60.7 Å². The van der Waals surface area contributed by atoms with Gasteiger partial charge in [-0.1, -0.05) is 53.6 Å². The Hall–Kier alpha value is -2.94. The number of aryl methyl sites for hydroxylation is 2. The van der Waals surface area contributed by atoms with E-state index in [9.17, 15) is 16.8 Å². The third-order valence-corrected chi connectivity index (χ3v) is 10.1. The molecule has 6 nitrogen and oxygen atoms in total. The van der Waals surface area contributed by atoms with Gasteiger partial charge in [-0.15, -0.1) is 0 Å². The van der Waals surface area contributed by atoms with Gasteiger partial charge in [-0.2, -0.15) is 4.31 Å². The number of aromatic nitrogens is 1. The van der Waals surface area contributed by atoms with E-state index in [4.69, 9.17) is 0 Å². The van der Waals surface area contributed by atoms with Crippen LogP contribution < -0.4 is 0 Å². The van der Waals surface area contributed by atoms with E-state index in [0.29, 0.717) is 30.6 Å². The van der Waals surface area contributed by atoms with Gasteiger partial charge in [0.2, 0.25) is 10.0 Å². The summed E-state index contributed by atoms with van der Waals surface area (Å²) < 4.78 is 57.7. The Labute approximate surface area is 200 Å². The van der Waals surface area contributed by atoms with Crippen LogP contribution in [0.4, 0.5) is 0 Å². The molecule has 0 aliphatic carbocycles. The molecular formula is C26H26N2O4S2. The van der Waals surface area contributed by atoms with Crippen molar-refractivity contribution in [1.82, 2.24) is 8.28 Å². The lowest BCUT2D eigenvalue weighted by Gasteiger charge is -2.25. The highest BCUT2D eigenvalue weighted by molar-refractivity contribution is 7.90. The van der Waals surface area contributed by atoms with Gasteiger partial charge in [-0.05, 0) is 63.1 Å². The summed E-state index contributed by atoms with van der Waals surface area (Å²) in [5.74, 6) is 0. The fraction of sp³-hybridized carbons (Fsp3) is 0.231. The van der Waals surface area contributed by atoms with Crippen LogP contribution >= 0.6 is 0 Å². The highest BCUT2D eigenvalue weighted by atomic mass is 32.2. The molecule has 1 fully saturated rings. The summed E-state index contributed by atoms with van der Waals surface area (Å²) in [6, 6.07) is 22.0. The Morgan fingerprint density at radius 2 is 1.29 bits per heavy atom. The standard InChI is InChI=1S/C26H26N2O4S2/c1-19-9-13-22(14-10-19)33(29,30)27-17-5-8-25(27)26-18-21-6-3-4-7-24(21)28(26)34(31,32)23-15-11-20(2)12-16-23/h3-4,6-7,9-16,18,25H,5,8,17H2,1-2H3. The first kappa shape index (κ1) is 22.8. The summed E-state index contributed by atoms with van der Waals surface area (Å²) in [7, 11) is -7.75. The molecule has 0 amide bonds. The van der Waals surface area contributed by atoms with Crippen LogP contribution in [0.5, 0.6) is 0 Å². The van der Waals surface area contributed by atoms with Crippen LogP contribution in [0.3, 0.4) is 0 Å². The van der Waals surface area contributed by atoms with Crippen LogP contribution in [0.25, 0.3) is 10.9 Å². The third-order valence-electron chi connectivity index (χ3n) is 6.43. The Kier molecular flexibility index (Phi) is 5.62. The summed E-state index contributed by atoms with van der Waals surface area (Å²) in [5.41, 5.74) is 2.94. The largest absolute Gasteiger partial charge is 0.268 e. The molecule has 1 unspecified atom stereocenters. The molecule has 0 bridgehead atoms. The van der Waals surface area contributed by atoms with Crippen LogP contribution in [0, 0.1) is 13.8 Å². The van der Waals surface area contributed by atoms with Crippen molar-refractivity contribution in [3.8, 4) is 0 Å². The predicted molar refractivity (Wildman–Crippen MR) is 133 cm³/mol. The Bertz CT molecular complexity index is 1570. The maximum absolute atomic E-state index is 13.9. The molecule has 8 heteroatoms. The Morgan fingerprint density at radius 3 is 1.91 bits per heavy atom. The number of para-hydroxylation sites is 1. The van der Waals surface area contributed by atoms with E-state index in [1.807, 2.05) is 32.0 Å². The highest BCUT2D eigenvalue weighted by Crippen LogP contribution is 2.40. The molecule has 1 aliphatic heterocycles. The zero-order valence-electron chi connectivity index (χ0n) is 19.0. The molecule has 0 N–H and O–H groups in total. The molecule has 4 aromatic rings. The maximum atomic E-state index is 13.9. The van der Waals surface area contributed by atoms with E-state index in [1.165, 1.54) is 8.28 Å². The minimum Gasteiger partial charge on any atom is -0.236 e. The summed E-state index contributed by atoms with van der Waals surface area (Å²) in [6.07, 6.45) is 1.20. The average molecular weight is 495 g/mol. The molecule has 176 valence electrons. The second-order valence-corrected chi connectivity index (χ2v) is 12.5. The first-order chi connectivity index (χ1) is 16.2. The molecule has 1 aliphatic rings. The summed E-state index contributed by atoms with van der Waals surface area (Å²) in [5, 5.41) is 0.757. The van der Waals surface area contributed by atoms with Gasteiger partial charge in [0.25, 0.3) is 10.0 Å². The van der Waals surface area contributed by atoms with Crippen molar-refractivity contribution >= 4 is 30.9 Å². The normalized spacial score (nSPS) is 17.4. The number of rotatable bonds is 5. The van der Waals surface area contributed by atoms with E-state index in [0.717, 1.165) is 16.5 Å². The zero-order chi connectivity index (χ0) is 24.1. The van der Waals surface area contributed by atoms with Crippen LogP contribution in [0.15, 0.2) is 88.7 Å². The highest BCUT2D eigenvalue weighted by Gasteiger charge is 2.39. The first-order valence-electron chi connectivity index (χ1n) is 11.2. The minimum atomic E-state index is -3.95. The van der Waals surface area contributed by atoms with Gasteiger partial charge in [0.1, 0.15) is 0 Å². The SMILES string of the molecule is Cc1ccc(S(=O)(=O)N2CCCC2c2cc3ccccc3n2S(=O)(=O)c2ccc(C)cc2)cc1. The quantitative estimate of drug-likeness (QED) is 0.390. The summed E-state index contributed by atoms with van der Waals surface area (Å²) in [6.45, 7) is 4.15. The molecule has 0 saturated carbocycles. The lowest BCUT2D eigenvalue weighted by atomic mass is 10.1. The Balaban J connectivity index is 1.68. The fourth-order valence-electron chi connectivity index (χ4n) is 4.64. The van der Waals surface area contributed by atoms with Crippen molar-refractivity contribution < 1.29 is 16.8 Å². The number of hydrogen-bond acceptors (Lipinski definition) is 4. The monoisotopic (exact) mass is 494 g/mol. The van der Waals surface area contributed by atoms with Gasteiger partial charge in [-0.3, -0.25) is 0 Å². The van der Waals surface area contributed by atoms with Gasteiger partial charge in [0, 0.05) is 11.9 Å². The molecule has 1 saturated heterocycles. The van der Waals surface area contributed by atoms with Gasteiger partial charge in [0.15, 0.2) is 0 Å². The van der Waals surface area contributed by atoms with Crippen molar-refractivity contribution in [1.29, 1.82) is 0 Å². The molecule has 5 rings (SSSR count). The first-order valence-corrected chi connectivity index (χ1v) is 14.1. The van der Waals surface area contributed by atoms with Crippen LogP contribution in [-0.4, -0.2) is 31.7 Å². The maximum Gasteiger partial charge on any atom is 0.268 e. The third kappa shape index (κ3) is 3.76. The second-order valence-electron chi connectivity index (χ2n) is 8.80. The Morgan fingerprint density at radius 1 is 0.735 bits per heavy atom. The van der Waals surface area contributed by atoms with E-state index >= 15 is 0 Å². The van der Waals surface area contributed by atoms with Gasteiger partial charge in [-0.25, -0.2) is 20.8 Å². The smallest absolute Gasteiger partial charge is 0.236 e. The summed E-state index contributed by atoms with van der Waals surface area (Å²) in [4.78, 5) is 0.390. The van der Waals surface area contributed by atoms with Crippen LogP contribution in [0.1, 0.15) is 35.7 Å². The van der Waals surface area contributed by atoms with Crippen molar-refractivity contribution in [2.45, 2.75) is 42.5 Å². The zero-order valence-corrected chi connectivity index (χ0v) is 20.7. The number of sulfonamides is 1. The molecular weight excluding hydrogens is 468 g/mol. The van der Waals surface area contributed by atoms with Crippen molar-refractivity contribution in [3.05, 3.63) is 95.7 Å². The molecule has 3 aromatic carbocycles. The van der Waals surface area contributed by atoms with Gasteiger partial charge in [0.05, 0.1) is 27.0 Å². The van der Waals surface area contributed by atoms with Crippen LogP contribution in [-0.2, 0) is 20.0 Å². The lowest BCUT2D eigenvalue weighted by molar-refractivity contribution is 0.389. The van der Waals surface area contributed by atoms with E-state index in [2.05, 4.69) is 0 Å². The van der Waals surface area contributed by atoms with E-state index in [-0.39, 0.29) is 9.79 Å². The van der Waals surface area contributed by atoms with Crippen molar-refractivity contribution in [3.63, 3.8) is 0 Å². The average Bonchev–Trinajstić information content (AvgIpc) is 3.45. The number of fused-ring (bicyclic) bond motifs is 1. The predicted octanol–water partition coefficient (Wildman–Crippen LogP) is 5.02. The molecule has 0 radical (unpaired) electrons. The molecule has 1 atom stereocenters. The van der Waals surface area contributed by atoms with Crippen LogP contribution in [0.2, 0.25) is 0 Å². The molecule has 2 heterocycles. The topological polar surface area (TPSA) is 76.5 Å². The minimum absolute atomic E-state index is 0.173. The second kappa shape index (κ2) is 8.37. The number of hydrogen-bond donors (Lipinski definition) is 0. The lowest BCUT2D eigenvalue weighted by Crippen LogP contribution is -2.32. The number of nitrogens with zero attached hydrogens (tertiary/aromatic N) is 2. The van der Waals surface area contributed by atoms with Gasteiger partial charge >= 0.3 is 0 Å². The molecule has 1 aromatic heterocycles. The molecule has 34 heavy (non-hydrogen) atoms. The fourth-order valence-corrected chi connectivity index (χ4v) is 7.87. The summed E-state index contributed by atoms with van der Waals surface area (Å²) >= 11 is 0. The van der Waals surface area contributed by atoms with Crippen molar-refractivity contribution in [2.75, 3.05) is 6.54 Å².